The van der Waals surface area contributed by atoms with E-state index in [1.54, 1.807) is 13.3 Å². The second kappa shape index (κ2) is 6.41. The van der Waals surface area contributed by atoms with Crippen molar-refractivity contribution in [1.29, 1.82) is 0 Å². The molecule has 0 saturated carbocycles. The smallest absolute Gasteiger partial charge is 0.254 e. The van der Waals surface area contributed by atoms with E-state index in [1.807, 2.05) is 53.4 Å². The van der Waals surface area contributed by atoms with Crippen molar-refractivity contribution in [2.75, 3.05) is 12.0 Å². The molecule has 1 aliphatic rings. The molecule has 0 aromatic heterocycles. The molecule has 0 amide bonds. The first-order chi connectivity index (χ1) is 11.5. The van der Waals surface area contributed by atoms with Gasteiger partial charge in [0, 0.05) is 35.1 Å². The van der Waals surface area contributed by atoms with Crippen molar-refractivity contribution < 1.29 is 13.2 Å². The molecule has 0 saturated heterocycles. The molecule has 1 heterocycles. The summed E-state index contributed by atoms with van der Waals surface area (Å²) in [6.45, 7) is 3.33. The van der Waals surface area contributed by atoms with Gasteiger partial charge in [0.2, 0.25) is 0 Å². The molecule has 0 unspecified atom stereocenters. The number of fused-ring (bicyclic) bond motifs is 1. The van der Waals surface area contributed by atoms with Gasteiger partial charge in [0.05, 0.1) is 7.11 Å². The van der Waals surface area contributed by atoms with Gasteiger partial charge in [-0.2, -0.15) is 0 Å². The number of hydrogen-bond donors (Lipinski definition) is 1. The quantitative estimate of drug-likeness (QED) is 0.906. The molecule has 0 fully saturated rings. The van der Waals surface area contributed by atoms with E-state index in [2.05, 4.69) is 11.3 Å². The van der Waals surface area contributed by atoms with E-state index in [0.29, 0.717) is 12.1 Å². The van der Waals surface area contributed by atoms with Crippen LogP contribution in [0.4, 0.5) is 11.4 Å². The first-order valence-corrected chi connectivity index (χ1v) is 8.94. The molecule has 1 N–H and O–H groups in total. The number of rotatable bonds is 5. The Morgan fingerprint density at radius 3 is 2.54 bits per heavy atom. The van der Waals surface area contributed by atoms with Crippen LogP contribution in [0.2, 0.25) is 0 Å². The van der Waals surface area contributed by atoms with Gasteiger partial charge in [-0.05, 0) is 35.9 Å². The fraction of sp³-hybridized carbons (Fsp3) is 0.111. The molecule has 2 aromatic carbocycles. The number of para-hydroxylation sites is 1. The lowest BCUT2D eigenvalue weighted by atomic mass is 10.0. The zero-order chi connectivity index (χ0) is 17.2. The van der Waals surface area contributed by atoms with Crippen LogP contribution in [0.25, 0.3) is 0 Å². The predicted octanol–water partition coefficient (Wildman–Crippen LogP) is 3.29. The minimum Gasteiger partial charge on any atom is -0.497 e. The second-order valence-corrected chi connectivity index (χ2v) is 6.97. The van der Waals surface area contributed by atoms with E-state index in [9.17, 15) is 8.42 Å². The molecule has 0 aliphatic carbocycles. The highest BCUT2D eigenvalue weighted by Gasteiger charge is 2.20. The van der Waals surface area contributed by atoms with Gasteiger partial charge < -0.3 is 9.64 Å². The monoisotopic (exact) mass is 342 g/mol. The molecule has 1 aliphatic heterocycles. The number of benzene rings is 2. The Hall–Kier alpha value is -2.73. The third-order valence-corrected chi connectivity index (χ3v) is 4.75. The van der Waals surface area contributed by atoms with E-state index < -0.39 is 10.0 Å². The summed E-state index contributed by atoms with van der Waals surface area (Å²) >= 11 is 0. The first-order valence-electron chi connectivity index (χ1n) is 7.39. The van der Waals surface area contributed by atoms with Crippen molar-refractivity contribution in [2.24, 2.45) is 0 Å². The minimum absolute atomic E-state index is 0.510. The van der Waals surface area contributed by atoms with Gasteiger partial charge in [0.15, 0.2) is 0 Å². The fourth-order valence-electron chi connectivity index (χ4n) is 2.61. The molecule has 2 aromatic rings. The lowest BCUT2D eigenvalue weighted by Crippen LogP contribution is -2.27. The number of nitrogens with one attached hydrogen (secondary N) is 1. The number of hydrogen-bond acceptors (Lipinski definition) is 4. The summed E-state index contributed by atoms with van der Waals surface area (Å²) in [5, 5.41) is 0.909. The Kier molecular flexibility index (Phi) is 4.31. The van der Waals surface area contributed by atoms with Gasteiger partial charge in [-0.1, -0.05) is 24.8 Å². The van der Waals surface area contributed by atoms with E-state index in [0.717, 1.165) is 28.1 Å². The van der Waals surface area contributed by atoms with Crippen LogP contribution in [0.1, 0.15) is 5.56 Å². The first kappa shape index (κ1) is 16.1. The van der Waals surface area contributed by atoms with Crippen LogP contribution in [0, 0.1) is 0 Å². The second-order valence-electron chi connectivity index (χ2n) is 5.34. The largest absolute Gasteiger partial charge is 0.497 e. The van der Waals surface area contributed by atoms with Crippen LogP contribution in [0.15, 0.2) is 72.4 Å². The molecule has 6 heteroatoms. The molecule has 0 bridgehead atoms. The van der Waals surface area contributed by atoms with E-state index >= 15 is 0 Å². The topological polar surface area (TPSA) is 58.6 Å². The number of ether oxygens (including phenoxy) is 1. The van der Waals surface area contributed by atoms with Crippen molar-refractivity contribution in [3.05, 3.63) is 78.0 Å². The Bertz CT molecular complexity index is 887. The summed E-state index contributed by atoms with van der Waals surface area (Å²) in [5.74, 6) is 0.764. The van der Waals surface area contributed by atoms with Crippen LogP contribution in [-0.4, -0.2) is 15.5 Å². The average molecular weight is 342 g/mol. The van der Waals surface area contributed by atoms with Crippen LogP contribution < -0.4 is 14.4 Å². The minimum atomic E-state index is -3.54. The lowest BCUT2D eigenvalue weighted by molar-refractivity contribution is 0.415. The van der Waals surface area contributed by atoms with Crippen molar-refractivity contribution in [3.8, 4) is 5.75 Å². The van der Waals surface area contributed by atoms with Crippen molar-refractivity contribution in [1.82, 2.24) is 4.72 Å². The maximum Gasteiger partial charge on any atom is 0.254 e. The fourth-order valence-corrected chi connectivity index (χ4v) is 3.19. The number of allylic oxidation sites excluding steroid dienone is 1. The Morgan fingerprint density at radius 1 is 1.17 bits per heavy atom. The summed E-state index contributed by atoms with van der Waals surface area (Å²) in [4.78, 5) is 1.96. The molecular formula is C18H18N2O3S. The van der Waals surface area contributed by atoms with Gasteiger partial charge >= 0.3 is 0 Å². The number of anilines is 2. The summed E-state index contributed by atoms with van der Waals surface area (Å²) in [7, 11) is -1.92. The maximum absolute atomic E-state index is 11.8. The van der Waals surface area contributed by atoms with Crippen LogP contribution >= 0.6 is 0 Å². The zero-order valence-corrected chi connectivity index (χ0v) is 14.1. The SMILES string of the molecule is C=CS(=O)(=O)NC1=CN(c2ccc(OC)cc2)c2ccccc2C1. The lowest BCUT2D eigenvalue weighted by Gasteiger charge is -2.29. The molecule has 0 atom stereocenters. The third kappa shape index (κ3) is 3.28. The normalized spacial score (nSPS) is 13.7. The molecule has 0 spiro atoms. The Balaban J connectivity index is 2.03. The summed E-state index contributed by atoms with van der Waals surface area (Å²) in [5.41, 5.74) is 3.56. The van der Waals surface area contributed by atoms with Crippen molar-refractivity contribution >= 4 is 21.4 Å². The highest BCUT2D eigenvalue weighted by molar-refractivity contribution is 7.92. The molecule has 0 radical (unpaired) electrons. The standard InChI is InChI=1S/C18H18N2O3S/c1-3-24(21,22)19-15-12-14-6-4-5-7-18(14)20(13-15)16-8-10-17(23-2)11-9-16/h3-11,13,19H,1,12H2,2H3. The summed E-state index contributed by atoms with van der Waals surface area (Å²) in [6, 6.07) is 15.5. The molecule has 3 rings (SSSR count). The van der Waals surface area contributed by atoms with Crippen LogP contribution in [0.3, 0.4) is 0 Å². The zero-order valence-electron chi connectivity index (χ0n) is 13.3. The van der Waals surface area contributed by atoms with Crippen LogP contribution in [-0.2, 0) is 16.4 Å². The predicted molar refractivity (Wildman–Crippen MR) is 95.6 cm³/mol. The number of sulfonamides is 1. The van der Waals surface area contributed by atoms with Crippen molar-refractivity contribution in [2.45, 2.75) is 6.42 Å². The van der Waals surface area contributed by atoms with Gasteiger partial charge in [-0.15, -0.1) is 0 Å². The van der Waals surface area contributed by atoms with Gasteiger partial charge in [-0.25, -0.2) is 8.42 Å². The van der Waals surface area contributed by atoms with E-state index in [4.69, 9.17) is 4.74 Å². The average Bonchev–Trinajstić information content (AvgIpc) is 2.61. The van der Waals surface area contributed by atoms with Crippen molar-refractivity contribution in [3.63, 3.8) is 0 Å². The van der Waals surface area contributed by atoms with Gasteiger partial charge in [-0.3, -0.25) is 4.72 Å². The summed E-state index contributed by atoms with van der Waals surface area (Å²) in [6.07, 6.45) is 2.31. The summed E-state index contributed by atoms with van der Waals surface area (Å²) < 4.78 is 31.4. The Labute approximate surface area is 141 Å². The van der Waals surface area contributed by atoms with E-state index in [1.165, 1.54) is 0 Å². The van der Waals surface area contributed by atoms with Crippen LogP contribution in [0.5, 0.6) is 5.75 Å². The molecule has 124 valence electrons. The molecule has 5 nitrogen and oxygen atoms in total. The molecule has 24 heavy (non-hydrogen) atoms. The molecular weight excluding hydrogens is 324 g/mol. The Morgan fingerprint density at radius 2 is 1.88 bits per heavy atom. The highest BCUT2D eigenvalue weighted by atomic mass is 32.2. The van der Waals surface area contributed by atoms with E-state index in [-0.39, 0.29) is 0 Å². The van der Waals surface area contributed by atoms with Gasteiger partial charge in [0.25, 0.3) is 10.0 Å². The van der Waals surface area contributed by atoms with Gasteiger partial charge in [0.1, 0.15) is 5.75 Å². The number of nitrogens with zero attached hydrogens (tertiary/aromatic N) is 1. The number of methoxy groups -OCH3 is 1. The maximum atomic E-state index is 11.8. The third-order valence-electron chi connectivity index (χ3n) is 3.76. The highest BCUT2D eigenvalue weighted by Crippen LogP contribution is 2.35.